The third-order valence-electron chi connectivity index (χ3n) is 4.85. The van der Waals surface area contributed by atoms with Gasteiger partial charge < -0.3 is 20.7 Å². The number of aromatic nitrogens is 1. The number of nitrogens with one attached hydrogen (secondary N) is 1. The van der Waals surface area contributed by atoms with Crippen LogP contribution in [0.15, 0.2) is 30.3 Å². The molecule has 1 saturated heterocycles. The summed E-state index contributed by atoms with van der Waals surface area (Å²) in [5.41, 5.74) is 5.43. The summed E-state index contributed by atoms with van der Waals surface area (Å²) >= 11 is 0. The van der Waals surface area contributed by atoms with Crippen LogP contribution in [0.3, 0.4) is 0 Å². The van der Waals surface area contributed by atoms with Crippen LogP contribution in [-0.4, -0.2) is 48.4 Å². The van der Waals surface area contributed by atoms with E-state index in [1.165, 1.54) is 13.2 Å². The van der Waals surface area contributed by atoms with Gasteiger partial charge in [0.1, 0.15) is 22.8 Å². The van der Waals surface area contributed by atoms with Crippen molar-refractivity contribution in [2.45, 2.75) is 12.8 Å². The second-order valence-electron chi connectivity index (χ2n) is 6.86. The lowest BCUT2D eigenvalue weighted by Crippen LogP contribution is -2.44. The average molecular weight is 404 g/mol. The Morgan fingerprint density at radius 2 is 2.10 bits per heavy atom. The number of pyridine rings is 1. The van der Waals surface area contributed by atoms with E-state index in [1.807, 2.05) is 0 Å². The molecule has 2 amide bonds. The molecular weight excluding hydrogens is 382 g/mol. The summed E-state index contributed by atoms with van der Waals surface area (Å²) in [4.78, 5) is 30.8. The Morgan fingerprint density at radius 1 is 1.31 bits per heavy atom. The van der Waals surface area contributed by atoms with Gasteiger partial charge >= 0.3 is 0 Å². The molecule has 0 bridgehead atoms. The van der Waals surface area contributed by atoms with Gasteiger partial charge in [0.15, 0.2) is 11.6 Å². The van der Waals surface area contributed by atoms with Crippen molar-refractivity contribution in [1.29, 1.82) is 0 Å². The fourth-order valence-electron chi connectivity index (χ4n) is 3.39. The Hall–Kier alpha value is -3.23. The molecule has 0 saturated carbocycles. The smallest absolute Gasteiger partial charge is 0.272 e. The Labute approximate surface area is 166 Å². The number of hydrogen-bond donors (Lipinski definition) is 2. The maximum Gasteiger partial charge on any atom is 0.272 e. The molecule has 0 aliphatic carbocycles. The standard InChI is InChI=1S/C20H22F2N4O3/c1-29-15-8-7-13(21)18(22)17(15)19(27)24-10-12-4-3-9-26(11-12)20(28)14-5-2-6-16(23)25-14/h2,5-8,12H,3-4,9-11H2,1H3,(H2,23,25)(H,24,27)/t12-/m1/s1. The largest absolute Gasteiger partial charge is 0.496 e. The van der Waals surface area contributed by atoms with Crippen molar-refractivity contribution < 1.29 is 23.1 Å². The molecule has 3 N–H and O–H groups in total. The van der Waals surface area contributed by atoms with Crippen molar-refractivity contribution in [2.24, 2.45) is 5.92 Å². The lowest BCUT2D eigenvalue weighted by molar-refractivity contribution is 0.0665. The summed E-state index contributed by atoms with van der Waals surface area (Å²) in [7, 11) is 1.28. The van der Waals surface area contributed by atoms with Gasteiger partial charge in [0.2, 0.25) is 0 Å². The Balaban J connectivity index is 1.64. The highest BCUT2D eigenvalue weighted by Crippen LogP contribution is 2.24. The molecule has 1 fully saturated rings. The number of hydrogen-bond acceptors (Lipinski definition) is 5. The Morgan fingerprint density at radius 3 is 2.83 bits per heavy atom. The summed E-state index contributed by atoms with van der Waals surface area (Å²) in [6.45, 7) is 1.20. The lowest BCUT2D eigenvalue weighted by Gasteiger charge is -2.32. The van der Waals surface area contributed by atoms with Crippen LogP contribution in [0.5, 0.6) is 5.75 Å². The van der Waals surface area contributed by atoms with Gasteiger partial charge in [-0.1, -0.05) is 6.07 Å². The highest BCUT2D eigenvalue weighted by molar-refractivity contribution is 5.97. The fourth-order valence-corrected chi connectivity index (χ4v) is 3.39. The van der Waals surface area contributed by atoms with E-state index in [1.54, 1.807) is 23.1 Å². The average Bonchev–Trinajstić information content (AvgIpc) is 2.73. The summed E-state index contributed by atoms with van der Waals surface area (Å²) in [6.07, 6.45) is 1.55. The number of anilines is 1. The summed E-state index contributed by atoms with van der Waals surface area (Å²) in [5, 5.41) is 2.62. The van der Waals surface area contributed by atoms with E-state index in [-0.39, 0.29) is 35.6 Å². The van der Waals surface area contributed by atoms with Crippen LogP contribution in [0.4, 0.5) is 14.6 Å². The van der Waals surface area contributed by atoms with Crippen LogP contribution < -0.4 is 15.8 Å². The summed E-state index contributed by atoms with van der Waals surface area (Å²) < 4.78 is 32.5. The molecule has 29 heavy (non-hydrogen) atoms. The van der Waals surface area contributed by atoms with Gasteiger partial charge in [-0.05, 0) is 43.0 Å². The highest BCUT2D eigenvalue weighted by atomic mass is 19.2. The number of carbonyl (C=O) groups excluding carboxylic acids is 2. The number of amides is 2. The molecular formula is C20H22F2N4O3. The van der Waals surface area contributed by atoms with Gasteiger partial charge in [0.25, 0.3) is 11.8 Å². The van der Waals surface area contributed by atoms with Crippen LogP contribution in [-0.2, 0) is 0 Å². The van der Waals surface area contributed by atoms with E-state index in [0.29, 0.717) is 13.1 Å². The molecule has 0 spiro atoms. The zero-order chi connectivity index (χ0) is 21.0. The molecule has 1 aliphatic heterocycles. The van der Waals surface area contributed by atoms with E-state index in [9.17, 15) is 18.4 Å². The number of halogens is 2. The second kappa shape index (κ2) is 8.85. The van der Waals surface area contributed by atoms with E-state index in [0.717, 1.165) is 18.9 Å². The number of benzene rings is 1. The van der Waals surface area contributed by atoms with Gasteiger partial charge in [-0.15, -0.1) is 0 Å². The maximum atomic E-state index is 14.1. The molecule has 1 atom stereocenters. The number of carbonyl (C=O) groups is 2. The predicted molar refractivity (Wildman–Crippen MR) is 103 cm³/mol. The molecule has 0 unspecified atom stereocenters. The highest BCUT2D eigenvalue weighted by Gasteiger charge is 2.27. The second-order valence-corrected chi connectivity index (χ2v) is 6.86. The molecule has 154 valence electrons. The summed E-state index contributed by atoms with van der Waals surface area (Å²) in [6, 6.07) is 6.97. The van der Waals surface area contributed by atoms with Crippen molar-refractivity contribution in [1.82, 2.24) is 15.2 Å². The van der Waals surface area contributed by atoms with Gasteiger partial charge in [-0.2, -0.15) is 0 Å². The first-order chi connectivity index (χ1) is 13.9. The number of piperidine rings is 1. The lowest BCUT2D eigenvalue weighted by atomic mass is 9.97. The van der Waals surface area contributed by atoms with E-state index in [2.05, 4.69) is 10.3 Å². The zero-order valence-electron chi connectivity index (χ0n) is 16.0. The number of ether oxygens (including phenoxy) is 1. The first-order valence-corrected chi connectivity index (χ1v) is 9.22. The number of rotatable bonds is 5. The number of methoxy groups -OCH3 is 1. The molecule has 1 aromatic carbocycles. The van der Waals surface area contributed by atoms with E-state index in [4.69, 9.17) is 10.5 Å². The fraction of sp³-hybridized carbons (Fsp3) is 0.350. The third-order valence-corrected chi connectivity index (χ3v) is 4.85. The molecule has 3 rings (SSSR count). The number of nitrogens with two attached hydrogens (primary N) is 1. The van der Waals surface area contributed by atoms with Crippen molar-refractivity contribution in [2.75, 3.05) is 32.5 Å². The molecule has 2 aromatic rings. The minimum atomic E-state index is -1.25. The van der Waals surface area contributed by atoms with Gasteiger partial charge in [-0.3, -0.25) is 9.59 Å². The first kappa shape index (κ1) is 20.5. The van der Waals surface area contributed by atoms with Gasteiger partial charge in [0, 0.05) is 19.6 Å². The van der Waals surface area contributed by atoms with Crippen LogP contribution in [0.25, 0.3) is 0 Å². The maximum absolute atomic E-state index is 14.1. The minimum absolute atomic E-state index is 0.0275. The van der Waals surface area contributed by atoms with E-state index >= 15 is 0 Å². The predicted octanol–water partition coefficient (Wildman–Crippen LogP) is 2.23. The molecule has 1 aromatic heterocycles. The zero-order valence-corrected chi connectivity index (χ0v) is 16.0. The molecule has 0 radical (unpaired) electrons. The topological polar surface area (TPSA) is 97.5 Å². The SMILES string of the molecule is COc1ccc(F)c(F)c1C(=O)NC[C@H]1CCCN(C(=O)c2cccc(N)n2)C1. The van der Waals surface area contributed by atoms with E-state index < -0.39 is 23.1 Å². The molecule has 1 aliphatic rings. The number of likely N-dealkylation sites (tertiary alicyclic amines) is 1. The molecule has 9 heteroatoms. The van der Waals surface area contributed by atoms with Crippen LogP contribution in [0.1, 0.15) is 33.7 Å². The van der Waals surface area contributed by atoms with Crippen molar-refractivity contribution in [3.8, 4) is 5.75 Å². The van der Waals surface area contributed by atoms with Gasteiger partial charge in [0.05, 0.1) is 7.11 Å². The normalized spacial score (nSPS) is 16.4. The summed E-state index contributed by atoms with van der Waals surface area (Å²) in [5.74, 6) is -3.18. The molecule has 7 nitrogen and oxygen atoms in total. The van der Waals surface area contributed by atoms with Crippen LogP contribution >= 0.6 is 0 Å². The van der Waals surface area contributed by atoms with Crippen LogP contribution in [0.2, 0.25) is 0 Å². The minimum Gasteiger partial charge on any atom is -0.496 e. The third kappa shape index (κ3) is 4.61. The first-order valence-electron chi connectivity index (χ1n) is 9.22. The Bertz CT molecular complexity index is 923. The Kier molecular flexibility index (Phi) is 6.26. The van der Waals surface area contributed by atoms with Crippen molar-refractivity contribution >= 4 is 17.6 Å². The van der Waals surface area contributed by atoms with Crippen molar-refractivity contribution in [3.05, 3.63) is 53.2 Å². The quantitative estimate of drug-likeness (QED) is 0.797. The number of nitrogens with zero attached hydrogens (tertiary/aromatic N) is 2. The van der Waals surface area contributed by atoms with Crippen molar-refractivity contribution in [3.63, 3.8) is 0 Å². The van der Waals surface area contributed by atoms with Crippen LogP contribution in [0, 0.1) is 17.6 Å². The van der Waals surface area contributed by atoms with Gasteiger partial charge in [-0.25, -0.2) is 13.8 Å². The molecule has 2 heterocycles. The monoisotopic (exact) mass is 404 g/mol. The number of nitrogen functional groups attached to an aromatic ring is 1.